The van der Waals surface area contributed by atoms with E-state index in [9.17, 15) is 4.79 Å². The first-order valence-corrected chi connectivity index (χ1v) is 9.41. The molecule has 1 N–H and O–H groups in total. The minimum Gasteiger partial charge on any atom is -0.361 e. The van der Waals surface area contributed by atoms with Gasteiger partial charge in [0.2, 0.25) is 5.91 Å². The molecule has 2 aromatic heterocycles. The van der Waals surface area contributed by atoms with Crippen LogP contribution in [0, 0.1) is 13.8 Å². The first-order chi connectivity index (χ1) is 13.1. The highest BCUT2D eigenvalue weighted by Gasteiger charge is 2.28. The summed E-state index contributed by atoms with van der Waals surface area (Å²) in [6, 6.07) is 10.3. The maximum atomic E-state index is 12.9. The third kappa shape index (κ3) is 3.52. The second-order valence-corrected chi connectivity index (χ2v) is 7.22. The summed E-state index contributed by atoms with van der Waals surface area (Å²) in [6.45, 7) is 5.25. The fourth-order valence-electron chi connectivity index (χ4n) is 3.91. The van der Waals surface area contributed by atoms with Crippen molar-refractivity contribution in [2.45, 2.75) is 39.0 Å². The van der Waals surface area contributed by atoms with Gasteiger partial charge in [-0.05, 0) is 32.3 Å². The average Bonchev–Trinajstić information content (AvgIpc) is 3.31. The van der Waals surface area contributed by atoms with E-state index in [0.717, 1.165) is 53.2 Å². The Kier molecular flexibility index (Phi) is 4.79. The van der Waals surface area contributed by atoms with Crippen molar-refractivity contribution in [1.29, 1.82) is 0 Å². The lowest BCUT2D eigenvalue weighted by Gasteiger charge is -2.33. The Morgan fingerprint density at radius 2 is 2.11 bits per heavy atom. The van der Waals surface area contributed by atoms with Crippen molar-refractivity contribution in [1.82, 2.24) is 20.3 Å². The number of aromatic amines is 1. The first-order valence-electron chi connectivity index (χ1n) is 9.41. The number of carbonyl (C=O) groups is 1. The molecule has 1 atom stereocenters. The lowest BCUT2D eigenvalue weighted by atomic mass is 9.90. The molecule has 0 bridgehead atoms. The molecule has 140 valence electrons. The van der Waals surface area contributed by atoms with Gasteiger partial charge in [-0.3, -0.25) is 9.89 Å². The molecule has 1 aliphatic rings. The summed E-state index contributed by atoms with van der Waals surface area (Å²) in [5, 5.41) is 11.4. The molecule has 1 fully saturated rings. The van der Waals surface area contributed by atoms with Gasteiger partial charge in [0.05, 0.1) is 18.3 Å². The van der Waals surface area contributed by atoms with Crippen molar-refractivity contribution in [2.24, 2.45) is 0 Å². The molecule has 27 heavy (non-hydrogen) atoms. The normalized spacial score (nSPS) is 17.3. The van der Waals surface area contributed by atoms with Crippen LogP contribution < -0.4 is 0 Å². The van der Waals surface area contributed by atoms with Crippen LogP contribution in [-0.4, -0.2) is 39.3 Å². The Labute approximate surface area is 158 Å². The van der Waals surface area contributed by atoms with E-state index in [1.807, 2.05) is 43.1 Å². The SMILES string of the molecule is Cc1noc(C)c1CC(=O)N1CCCC(c2[nH]ncc2-c2ccccc2)C1. The lowest BCUT2D eigenvalue weighted by molar-refractivity contribution is -0.131. The van der Waals surface area contributed by atoms with Crippen molar-refractivity contribution in [2.75, 3.05) is 13.1 Å². The molecule has 0 spiro atoms. The molecule has 6 nitrogen and oxygen atoms in total. The fourth-order valence-corrected chi connectivity index (χ4v) is 3.91. The molecule has 1 unspecified atom stereocenters. The number of benzene rings is 1. The van der Waals surface area contributed by atoms with Crippen LogP contribution >= 0.6 is 0 Å². The summed E-state index contributed by atoms with van der Waals surface area (Å²) < 4.78 is 5.19. The number of hydrogen-bond acceptors (Lipinski definition) is 4. The molecule has 1 aromatic carbocycles. The number of H-pyrrole nitrogens is 1. The topological polar surface area (TPSA) is 75.0 Å². The Bertz CT molecular complexity index is 909. The molecule has 0 aliphatic carbocycles. The van der Waals surface area contributed by atoms with Gasteiger partial charge in [0.15, 0.2) is 0 Å². The number of carbonyl (C=O) groups excluding carboxylic acids is 1. The van der Waals surface area contributed by atoms with Crippen LogP contribution in [0.15, 0.2) is 41.1 Å². The number of aromatic nitrogens is 3. The summed E-state index contributed by atoms with van der Waals surface area (Å²) in [4.78, 5) is 14.8. The number of hydrogen-bond donors (Lipinski definition) is 1. The van der Waals surface area contributed by atoms with Gasteiger partial charge in [-0.25, -0.2) is 0 Å². The van der Waals surface area contributed by atoms with E-state index in [4.69, 9.17) is 4.52 Å². The molecule has 4 rings (SSSR count). The molecular formula is C21H24N4O2. The van der Waals surface area contributed by atoms with Gasteiger partial charge >= 0.3 is 0 Å². The molecular weight excluding hydrogens is 340 g/mol. The molecule has 1 amide bonds. The van der Waals surface area contributed by atoms with Crippen molar-refractivity contribution >= 4 is 5.91 Å². The average molecular weight is 364 g/mol. The number of amides is 1. The maximum Gasteiger partial charge on any atom is 0.227 e. The second-order valence-electron chi connectivity index (χ2n) is 7.22. The van der Waals surface area contributed by atoms with Crippen LogP contribution in [0.5, 0.6) is 0 Å². The van der Waals surface area contributed by atoms with Gasteiger partial charge in [0, 0.05) is 35.8 Å². The second kappa shape index (κ2) is 7.39. The molecule has 6 heteroatoms. The molecule has 0 radical (unpaired) electrons. The lowest BCUT2D eigenvalue weighted by Crippen LogP contribution is -2.40. The predicted octanol–water partition coefficient (Wildman–Crippen LogP) is 3.63. The maximum absolute atomic E-state index is 12.9. The van der Waals surface area contributed by atoms with Gasteiger partial charge in [0.25, 0.3) is 0 Å². The minimum atomic E-state index is 0.134. The highest BCUT2D eigenvalue weighted by Crippen LogP contribution is 2.33. The Hall–Kier alpha value is -2.89. The molecule has 3 aromatic rings. The van der Waals surface area contributed by atoms with Crippen LogP contribution in [0.1, 0.15) is 41.5 Å². The monoisotopic (exact) mass is 364 g/mol. The van der Waals surface area contributed by atoms with Crippen LogP contribution in [0.3, 0.4) is 0 Å². The van der Waals surface area contributed by atoms with Crippen LogP contribution in [-0.2, 0) is 11.2 Å². The van der Waals surface area contributed by atoms with Gasteiger partial charge in [-0.15, -0.1) is 0 Å². The highest BCUT2D eigenvalue weighted by atomic mass is 16.5. The van der Waals surface area contributed by atoms with Gasteiger partial charge < -0.3 is 9.42 Å². The predicted molar refractivity (Wildman–Crippen MR) is 102 cm³/mol. The van der Waals surface area contributed by atoms with E-state index in [1.165, 1.54) is 0 Å². The number of piperidine rings is 1. The molecule has 0 saturated carbocycles. The summed E-state index contributed by atoms with van der Waals surface area (Å²) in [6.07, 6.45) is 4.28. The van der Waals surface area contributed by atoms with Crippen LogP contribution in [0.2, 0.25) is 0 Å². The highest BCUT2D eigenvalue weighted by molar-refractivity contribution is 5.79. The van der Waals surface area contributed by atoms with Crippen molar-refractivity contribution in [3.63, 3.8) is 0 Å². The molecule has 1 aliphatic heterocycles. The quantitative estimate of drug-likeness (QED) is 0.767. The van der Waals surface area contributed by atoms with E-state index in [2.05, 4.69) is 27.5 Å². The van der Waals surface area contributed by atoms with E-state index in [1.54, 1.807) is 0 Å². The van der Waals surface area contributed by atoms with Gasteiger partial charge in [-0.1, -0.05) is 35.5 Å². The summed E-state index contributed by atoms with van der Waals surface area (Å²) in [5.74, 6) is 1.13. The largest absolute Gasteiger partial charge is 0.361 e. The number of nitrogens with zero attached hydrogens (tertiary/aromatic N) is 3. The zero-order chi connectivity index (χ0) is 18.8. The van der Waals surface area contributed by atoms with E-state index < -0.39 is 0 Å². The minimum absolute atomic E-state index is 0.134. The van der Waals surface area contributed by atoms with Crippen LogP contribution in [0.4, 0.5) is 0 Å². The summed E-state index contributed by atoms with van der Waals surface area (Å²) in [7, 11) is 0. The summed E-state index contributed by atoms with van der Waals surface area (Å²) >= 11 is 0. The van der Waals surface area contributed by atoms with Crippen LogP contribution in [0.25, 0.3) is 11.1 Å². The van der Waals surface area contributed by atoms with Gasteiger partial charge in [-0.2, -0.15) is 5.10 Å². The fraction of sp³-hybridized carbons (Fsp3) is 0.381. The van der Waals surface area contributed by atoms with E-state index in [0.29, 0.717) is 13.0 Å². The smallest absolute Gasteiger partial charge is 0.227 e. The molecule has 1 saturated heterocycles. The zero-order valence-electron chi connectivity index (χ0n) is 15.7. The van der Waals surface area contributed by atoms with Crippen molar-refractivity contribution in [3.05, 3.63) is 59.2 Å². The first kappa shape index (κ1) is 17.5. The van der Waals surface area contributed by atoms with Gasteiger partial charge in [0.1, 0.15) is 5.76 Å². The van der Waals surface area contributed by atoms with E-state index in [-0.39, 0.29) is 11.8 Å². The number of likely N-dealkylation sites (tertiary alicyclic amines) is 1. The Balaban J connectivity index is 1.51. The van der Waals surface area contributed by atoms with E-state index >= 15 is 0 Å². The summed E-state index contributed by atoms with van der Waals surface area (Å²) in [5.41, 5.74) is 5.11. The molecule has 3 heterocycles. The Morgan fingerprint density at radius 3 is 2.85 bits per heavy atom. The van der Waals surface area contributed by atoms with Crippen molar-refractivity contribution < 1.29 is 9.32 Å². The standard InChI is InChI=1S/C21H24N4O2/c1-14-18(15(2)27-24-14)11-20(26)25-10-6-9-17(13-25)21-19(12-22-23-21)16-7-4-3-5-8-16/h3-5,7-8,12,17H,6,9-11,13H2,1-2H3,(H,22,23). The third-order valence-corrected chi connectivity index (χ3v) is 5.45. The number of rotatable bonds is 4. The third-order valence-electron chi connectivity index (χ3n) is 5.45. The Morgan fingerprint density at radius 1 is 1.30 bits per heavy atom. The zero-order valence-corrected chi connectivity index (χ0v) is 15.7. The van der Waals surface area contributed by atoms with Crippen molar-refractivity contribution in [3.8, 4) is 11.1 Å². The number of nitrogens with one attached hydrogen (secondary N) is 1. The number of aryl methyl sites for hydroxylation is 2.